The van der Waals surface area contributed by atoms with Crippen LogP contribution in [0.25, 0.3) is 60.7 Å². The second kappa shape index (κ2) is 23.3. The number of rotatable bonds is 12. The lowest BCUT2D eigenvalue weighted by Gasteiger charge is -2.15. The number of aromatic nitrogens is 10. The van der Waals surface area contributed by atoms with Crippen LogP contribution in [0, 0.1) is 0 Å². The van der Waals surface area contributed by atoms with E-state index in [-0.39, 0.29) is 11.5 Å². The molecule has 0 atom stereocenters. The Balaban J connectivity index is 0.000000145. The second-order valence-electron chi connectivity index (χ2n) is 19.8. The Kier molecular flexibility index (Phi) is 17.0. The Hall–Kier alpha value is -7.91. The number of hydrogen-bond acceptors (Lipinski definition) is 9. The van der Waals surface area contributed by atoms with Gasteiger partial charge in [-0.25, -0.2) is 14.8 Å². The summed E-state index contributed by atoms with van der Waals surface area (Å²) in [6.45, 7) is 20.2. The molecule has 0 aliphatic carbocycles. The Morgan fingerprint density at radius 3 is 1.85 bits per heavy atom. The fourth-order valence-electron chi connectivity index (χ4n) is 9.13. The van der Waals surface area contributed by atoms with Gasteiger partial charge in [-0.15, -0.1) is 0 Å². The number of aryl methyl sites for hydroxylation is 3. The van der Waals surface area contributed by atoms with E-state index < -0.39 is 5.97 Å². The lowest BCUT2D eigenvalue weighted by atomic mass is 10.00. The molecule has 0 saturated heterocycles. The number of carboxylic acid groups (broad SMARTS) is 1. The van der Waals surface area contributed by atoms with Crippen LogP contribution in [0.2, 0.25) is 0 Å². The van der Waals surface area contributed by atoms with E-state index in [9.17, 15) is 9.59 Å². The zero-order valence-electron chi connectivity index (χ0n) is 45.2. The first-order valence-corrected chi connectivity index (χ1v) is 25.1. The molecule has 74 heavy (non-hydrogen) atoms. The van der Waals surface area contributed by atoms with Crippen LogP contribution in [0.3, 0.4) is 0 Å². The normalized spacial score (nSPS) is 11.4. The van der Waals surface area contributed by atoms with Crippen LogP contribution in [-0.2, 0) is 32.4 Å². The Bertz CT molecular complexity index is 3550. The molecule has 4 aromatic carbocycles. The van der Waals surface area contributed by atoms with Crippen LogP contribution in [-0.4, -0.2) is 86.1 Å². The SMILES string of the molecule is CC(C)c1ccc2ccc(C(=O)O)nc2c1.CC(C)c1cn(C)c2ccc(-c3ncn(C)n3)cc12.CC(C)c1cn(C)c2ccc(-n3nccn3)cc12.COCCn1c(C(C)=O)cc2cc(OC)cc(C(C)C)c21. The van der Waals surface area contributed by atoms with Gasteiger partial charge in [0.2, 0.25) is 0 Å². The molecule has 0 amide bonds. The van der Waals surface area contributed by atoms with E-state index >= 15 is 0 Å². The van der Waals surface area contributed by atoms with E-state index in [0.29, 0.717) is 36.8 Å². The molecule has 0 bridgehead atoms. The van der Waals surface area contributed by atoms with Crippen molar-refractivity contribution in [3.8, 4) is 22.8 Å². The monoisotopic (exact) mass is 999 g/mol. The third kappa shape index (κ3) is 12.0. The van der Waals surface area contributed by atoms with E-state index in [4.69, 9.17) is 14.6 Å². The molecule has 0 spiro atoms. The molecule has 6 aromatic heterocycles. The smallest absolute Gasteiger partial charge is 0.354 e. The molecule has 1 N–H and O–H groups in total. The topological polar surface area (TPSA) is 162 Å². The van der Waals surface area contributed by atoms with E-state index in [2.05, 4.69) is 163 Å². The molecule has 0 aliphatic rings. The van der Waals surface area contributed by atoms with Gasteiger partial charge < -0.3 is 28.3 Å². The third-order valence-electron chi connectivity index (χ3n) is 13.1. The standard InChI is InChI=1S/C17H23NO3.C15H18N4.C14H16N4.C13H13NO2/c1-11(2)15-10-14(21-5)8-13-9-16(12(3)19)18(17(13)15)6-7-20-4;1-10(2)13-8-18(3)14-6-5-11(7-12(13)14)15-16-9-19(4)17-15;1-10(2)13-9-17(3)14-5-4-11(8-12(13)14)18-15-6-7-16-18;1-8(2)10-4-3-9-5-6-11(13(15)16)14-12(9)7-10/h8-11H,6-7H2,1-5H3;5-10H,1-4H3;4-10H,1-3H3;3-8H,1-2H3,(H,15,16). The predicted molar refractivity (Wildman–Crippen MR) is 296 cm³/mol. The lowest BCUT2D eigenvalue weighted by molar-refractivity contribution is 0.0690. The van der Waals surface area contributed by atoms with E-state index in [0.717, 1.165) is 50.3 Å². The maximum absolute atomic E-state index is 11.9. The van der Waals surface area contributed by atoms with Gasteiger partial charge in [0, 0.05) is 92.3 Å². The van der Waals surface area contributed by atoms with Crippen LogP contribution < -0.4 is 4.74 Å². The van der Waals surface area contributed by atoms with Gasteiger partial charge in [0.05, 0.1) is 48.5 Å². The average Bonchev–Trinajstić information content (AvgIpc) is 4.24. The van der Waals surface area contributed by atoms with Crippen LogP contribution in [0.15, 0.2) is 116 Å². The van der Waals surface area contributed by atoms with Crippen molar-refractivity contribution in [2.75, 3.05) is 20.8 Å². The highest BCUT2D eigenvalue weighted by Crippen LogP contribution is 2.34. The number of ether oxygens (including phenoxy) is 2. The molecule has 10 aromatic rings. The summed E-state index contributed by atoms with van der Waals surface area (Å²) in [6, 6.07) is 28.0. The number of methoxy groups -OCH3 is 2. The van der Waals surface area contributed by atoms with Gasteiger partial charge in [-0.3, -0.25) is 9.48 Å². The fourth-order valence-corrected chi connectivity index (χ4v) is 9.13. The number of fused-ring (bicyclic) bond motifs is 4. The van der Waals surface area contributed by atoms with E-state index in [1.807, 2.05) is 37.4 Å². The Labute approximate surface area is 433 Å². The Morgan fingerprint density at radius 2 is 1.30 bits per heavy atom. The zero-order chi connectivity index (χ0) is 53.5. The van der Waals surface area contributed by atoms with Crippen molar-refractivity contribution >= 4 is 55.4 Å². The highest BCUT2D eigenvalue weighted by Gasteiger charge is 2.19. The molecular weight excluding hydrogens is 929 g/mol. The number of hydrogen-bond donors (Lipinski definition) is 1. The Morgan fingerprint density at radius 1 is 0.676 bits per heavy atom. The first-order valence-electron chi connectivity index (χ1n) is 25.1. The summed E-state index contributed by atoms with van der Waals surface area (Å²) < 4.78 is 18.7. The van der Waals surface area contributed by atoms with Gasteiger partial charge in [-0.2, -0.15) is 20.1 Å². The van der Waals surface area contributed by atoms with Gasteiger partial charge in [0.25, 0.3) is 0 Å². The summed E-state index contributed by atoms with van der Waals surface area (Å²) in [5.41, 5.74) is 12.3. The third-order valence-corrected chi connectivity index (χ3v) is 13.1. The summed E-state index contributed by atoms with van der Waals surface area (Å²) in [6.07, 6.45) is 9.53. The minimum absolute atomic E-state index is 0.0657. The molecule has 0 fully saturated rings. The molecular formula is C59H70N10O5. The summed E-state index contributed by atoms with van der Waals surface area (Å²) in [4.78, 5) is 32.8. The average molecular weight is 999 g/mol. The molecule has 0 saturated carbocycles. The summed E-state index contributed by atoms with van der Waals surface area (Å²) in [7, 11) is 9.40. The minimum Gasteiger partial charge on any atom is -0.497 e. The molecule has 15 nitrogen and oxygen atoms in total. The van der Waals surface area contributed by atoms with Gasteiger partial charge in [0.1, 0.15) is 17.8 Å². The molecule has 386 valence electrons. The second-order valence-corrected chi connectivity index (χ2v) is 19.8. The van der Waals surface area contributed by atoms with Crippen molar-refractivity contribution in [3.63, 3.8) is 0 Å². The summed E-state index contributed by atoms with van der Waals surface area (Å²) in [5, 5.41) is 26.2. The number of carbonyl (C=O) groups excluding carboxylic acids is 1. The number of aromatic carboxylic acids is 1. The van der Waals surface area contributed by atoms with Gasteiger partial charge >= 0.3 is 5.97 Å². The zero-order valence-corrected chi connectivity index (χ0v) is 45.2. The molecule has 6 heterocycles. The number of benzene rings is 4. The van der Waals surface area contributed by atoms with Crippen LogP contribution >= 0.6 is 0 Å². The molecule has 0 unspecified atom stereocenters. The number of Topliss-reactive ketones (excluding diaryl/α,β-unsaturated/α-hetero) is 1. The maximum Gasteiger partial charge on any atom is 0.354 e. The molecule has 0 aliphatic heterocycles. The lowest BCUT2D eigenvalue weighted by Crippen LogP contribution is -2.11. The molecule has 10 rings (SSSR count). The minimum atomic E-state index is -0.989. The van der Waals surface area contributed by atoms with Crippen molar-refractivity contribution < 1.29 is 24.2 Å². The van der Waals surface area contributed by atoms with Gasteiger partial charge in [0.15, 0.2) is 11.6 Å². The number of ketones is 1. The van der Waals surface area contributed by atoms with Crippen molar-refractivity contribution in [1.82, 2.24) is 48.4 Å². The predicted octanol–water partition coefficient (Wildman–Crippen LogP) is 12.7. The van der Waals surface area contributed by atoms with Crippen molar-refractivity contribution in [1.29, 1.82) is 0 Å². The quantitative estimate of drug-likeness (QED) is 0.117. The number of carboxylic acids is 1. The summed E-state index contributed by atoms with van der Waals surface area (Å²) in [5.74, 6) is 2.46. The maximum atomic E-state index is 11.9. The van der Waals surface area contributed by atoms with Crippen molar-refractivity contribution in [2.24, 2.45) is 21.1 Å². The fraction of sp³-hybridized carbons (Fsp3) is 0.339. The largest absolute Gasteiger partial charge is 0.497 e. The molecule has 15 heteroatoms. The van der Waals surface area contributed by atoms with E-state index in [1.165, 1.54) is 50.1 Å². The number of pyridine rings is 1. The highest BCUT2D eigenvalue weighted by molar-refractivity contribution is 6.00. The summed E-state index contributed by atoms with van der Waals surface area (Å²) >= 11 is 0. The van der Waals surface area contributed by atoms with Crippen molar-refractivity contribution in [2.45, 2.75) is 92.5 Å². The van der Waals surface area contributed by atoms with Gasteiger partial charge in [-0.05, 0) is 113 Å². The number of nitrogens with zero attached hydrogens (tertiary/aromatic N) is 10. The highest BCUT2D eigenvalue weighted by atomic mass is 16.5. The first kappa shape index (κ1) is 53.9. The van der Waals surface area contributed by atoms with E-state index in [1.54, 1.807) is 55.4 Å². The van der Waals surface area contributed by atoms with Crippen LogP contribution in [0.1, 0.15) is 129 Å². The van der Waals surface area contributed by atoms with Crippen LogP contribution in [0.5, 0.6) is 5.75 Å². The number of carbonyl (C=O) groups is 2. The molecule has 0 radical (unpaired) electrons. The first-order chi connectivity index (χ1) is 35.3. The van der Waals surface area contributed by atoms with Gasteiger partial charge in [-0.1, -0.05) is 73.6 Å². The van der Waals surface area contributed by atoms with Crippen molar-refractivity contribution in [3.05, 3.63) is 150 Å². The van der Waals surface area contributed by atoms with Crippen LogP contribution in [0.4, 0.5) is 0 Å².